The molecule has 0 fully saturated rings. The van der Waals surface area contributed by atoms with Gasteiger partial charge >= 0.3 is 5.97 Å². The molecule has 0 saturated carbocycles. The van der Waals surface area contributed by atoms with E-state index in [9.17, 15) is 19.2 Å². The minimum Gasteiger partial charge on any atom is -0.466 e. The molecule has 0 aliphatic rings. The van der Waals surface area contributed by atoms with Gasteiger partial charge in [-0.3, -0.25) is 23.6 Å². The summed E-state index contributed by atoms with van der Waals surface area (Å²) in [6, 6.07) is 13.7. The van der Waals surface area contributed by atoms with E-state index in [-0.39, 0.29) is 30.1 Å². The van der Waals surface area contributed by atoms with Crippen LogP contribution in [0.2, 0.25) is 0 Å². The predicted octanol–water partition coefficient (Wildman–Crippen LogP) is 5.82. The molecule has 4 aromatic rings. The van der Waals surface area contributed by atoms with E-state index >= 15 is 8.78 Å². The molecule has 2 amide bonds. The number of carbonyl (C=O) groups is 3. The molecule has 8 nitrogen and oxygen atoms in total. The third-order valence-electron chi connectivity index (χ3n) is 7.53. The van der Waals surface area contributed by atoms with E-state index in [4.69, 9.17) is 4.74 Å². The number of ether oxygens (including phenoxy) is 1. The molecule has 10 heteroatoms. The third kappa shape index (κ3) is 7.63. The Kier molecular flexibility index (Phi) is 10.5. The number of aromatic nitrogens is 1. The van der Waals surface area contributed by atoms with Gasteiger partial charge in [0.15, 0.2) is 11.6 Å². The fourth-order valence-corrected chi connectivity index (χ4v) is 5.43. The number of hydrogen-bond acceptors (Lipinski definition) is 5. The average Bonchev–Trinajstić information content (AvgIpc) is 2.98. The van der Waals surface area contributed by atoms with Crippen LogP contribution in [0.4, 0.5) is 8.78 Å². The fourth-order valence-electron chi connectivity index (χ4n) is 5.43. The molecule has 0 saturated heterocycles. The molecule has 236 valence electrons. The van der Waals surface area contributed by atoms with Crippen LogP contribution < -0.4 is 16.2 Å². The van der Waals surface area contributed by atoms with Crippen molar-refractivity contribution in [2.24, 2.45) is 5.92 Å². The predicted molar refractivity (Wildman–Crippen MR) is 168 cm³/mol. The maximum absolute atomic E-state index is 15.5. The zero-order chi connectivity index (χ0) is 32.8. The second kappa shape index (κ2) is 14.3. The number of carbonyl (C=O) groups excluding carboxylic acids is 3. The number of esters is 1. The lowest BCUT2D eigenvalue weighted by Gasteiger charge is -2.25. The van der Waals surface area contributed by atoms with Crippen molar-refractivity contribution < 1.29 is 27.9 Å². The number of fused-ring (bicyclic) bond motifs is 1. The Hall–Kier alpha value is -4.86. The van der Waals surface area contributed by atoms with Gasteiger partial charge in [0.1, 0.15) is 11.6 Å². The summed E-state index contributed by atoms with van der Waals surface area (Å²) in [7, 11) is 0. The van der Waals surface area contributed by atoms with Crippen LogP contribution in [0.25, 0.3) is 16.6 Å². The van der Waals surface area contributed by atoms with Gasteiger partial charge in [0.05, 0.1) is 19.1 Å². The van der Waals surface area contributed by atoms with Crippen LogP contribution in [0, 0.1) is 31.4 Å². The lowest BCUT2D eigenvalue weighted by Crippen LogP contribution is -2.49. The van der Waals surface area contributed by atoms with Crippen molar-refractivity contribution >= 4 is 23.3 Å². The quantitative estimate of drug-likeness (QED) is 0.207. The van der Waals surface area contributed by atoms with Crippen LogP contribution in [-0.2, 0) is 14.3 Å². The zero-order valence-corrected chi connectivity index (χ0v) is 25.9. The first kappa shape index (κ1) is 33.0. The van der Waals surface area contributed by atoms with Crippen LogP contribution in [0.5, 0.6) is 0 Å². The normalized spacial score (nSPS) is 12.5. The van der Waals surface area contributed by atoms with E-state index in [2.05, 4.69) is 10.6 Å². The highest BCUT2D eigenvalue weighted by Gasteiger charge is 2.30. The highest BCUT2D eigenvalue weighted by molar-refractivity contribution is 5.97. The molecule has 2 aromatic carbocycles. The number of benzene rings is 2. The Balaban J connectivity index is 1.70. The summed E-state index contributed by atoms with van der Waals surface area (Å²) < 4.78 is 37.0. The van der Waals surface area contributed by atoms with Gasteiger partial charge in [0, 0.05) is 17.3 Å². The molecule has 2 atom stereocenters. The highest BCUT2D eigenvalue weighted by atomic mass is 19.2. The minimum absolute atomic E-state index is 0.0477. The van der Waals surface area contributed by atoms with Gasteiger partial charge in [-0.2, -0.15) is 0 Å². The van der Waals surface area contributed by atoms with Crippen LogP contribution in [0.1, 0.15) is 66.7 Å². The summed E-state index contributed by atoms with van der Waals surface area (Å²) >= 11 is 0. The molecule has 0 bridgehead atoms. The number of halogens is 2. The molecule has 4 rings (SSSR count). The molecule has 0 aliphatic heterocycles. The number of aryl methyl sites for hydroxylation is 2. The van der Waals surface area contributed by atoms with E-state index in [0.717, 1.165) is 17.2 Å². The Morgan fingerprint density at radius 2 is 1.64 bits per heavy atom. The molecule has 0 aliphatic carbocycles. The summed E-state index contributed by atoms with van der Waals surface area (Å²) in [5.74, 6) is -4.66. The summed E-state index contributed by atoms with van der Waals surface area (Å²) in [6.45, 7) is 9.04. The Labute approximate surface area is 260 Å². The first-order valence-corrected chi connectivity index (χ1v) is 14.8. The lowest BCUT2D eigenvalue weighted by atomic mass is 9.92. The van der Waals surface area contributed by atoms with E-state index in [1.807, 2.05) is 45.9 Å². The van der Waals surface area contributed by atoms with Crippen molar-refractivity contribution in [3.8, 4) is 11.1 Å². The van der Waals surface area contributed by atoms with Crippen LogP contribution in [0.3, 0.4) is 0 Å². The van der Waals surface area contributed by atoms with E-state index < -0.39 is 53.5 Å². The molecule has 2 heterocycles. The second-order valence-corrected chi connectivity index (χ2v) is 11.4. The smallest absolute Gasteiger partial charge is 0.308 e. The average molecular weight is 618 g/mol. The van der Waals surface area contributed by atoms with Crippen molar-refractivity contribution in [1.82, 2.24) is 15.0 Å². The van der Waals surface area contributed by atoms with Crippen molar-refractivity contribution in [3.63, 3.8) is 0 Å². The van der Waals surface area contributed by atoms with Crippen molar-refractivity contribution in [1.29, 1.82) is 0 Å². The summed E-state index contributed by atoms with van der Waals surface area (Å²) in [4.78, 5) is 52.7. The van der Waals surface area contributed by atoms with Crippen LogP contribution >= 0.6 is 0 Å². The minimum atomic E-state index is -1.33. The third-order valence-corrected chi connectivity index (χ3v) is 7.53. The van der Waals surface area contributed by atoms with Gasteiger partial charge in [-0.05, 0) is 91.8 Å². The second-order valence-electron chi connectivity index (χ2n) is 11.4. The van der Waals surface area contributed by atoms with E-state index in [0.29, 0.717) is 16.6 Å². The fraction of sp³-hybridized carbons (Fsp3) is 0.314. The first-order chi connectivity index (χ1) is 21.4. The molecule has 0 radical (unpaired) electrons. The molecule has 0 spiro atoms. The number of rotatable bonds is 11. The van der Waals surface area contributed by atoms with Gasteiger partial charge < -0.3 is 15.4 Å². The summed E-state index contributed by atoms with van der Waals surface area (Å²) in [6.07, 6.45) is 1.21. The van der Waals surface area contributed by atoms with E-state index in [1.165, 1.54) is 22.7 Å². The van der Waals surface area contributed by atoms with E-state index in [1.54, 1.807) is 31.2 Å². The number of hydrogen-bond donors (Lipinski definition) is 2. The molecule has 2 aromatic heterocycles. The standard InChI is InChI=1S/C35H37F2N3O5/c1-6-45-30(41)19-28(26-17-23(18-27(36)32(26)37)31-21(4)10-9-11-22(31)5)38-34(43)29(16-20(2)3)39-33(42)25-14-13-24-12-7-8-15-40(24)35(25)44/h7-15,17-18,20,28-29H,6,16,19H2,1-5H3,(H,38,43)(H,39,42)/t28-,29-/m0/s1. The molecular formula is C35H37F2N3O5. The maximum atomic E-state index is 15.5. The highest BCUT2D eigenvalue weighted by Crippen LogP contribution is 2.33. The number of nitrogens with one attached hydrogen (secondary N) is 2. The van der Waals surface area contributed by atoms with Crippen molar-refractivity contribution in [3.05, 3.63) is 111 Å². The van der Waals surface area contributed by atoms with Crippen LogP contribution in [-0.4, -0.2) is 34.8 Å². The summed E-state index contributed by atoms with van der Waals surface area (Å²) in [5.41, 5.74) is 2.38. The topological polar surface area (TPSA) is 106 Å². The zero-order valence-electron chi connectivity index (χ0n) is 25.9. The van der Waals surface area contributed by atoms with Gasteiger partial charge in [-0.1, -0.05) is 38.1 Å². The Bertz CT molecular complexity index is 1780. The Morgan fingerprint density at radius 1 is 0.933 bits per heavy atom. The van der Waals surface area contributed by atoms with Crippen molar-refractivity contribution in [2.75, 3.05) is 6.61 Å². The number of pyridine rings is 2. The monoisotopic (exact) mass is 617 g/mol. The molecule has 0 unspecified atom stereocenters. The molecule has 45 heavy (non-hydrogen) atoms. The van der Waals surface area contributed by atoms with Crippen molar-refractivity contribution in [2.45, 2.75) is 59.5 Å². The van der Waals surface area contributed by atoms with Crippen LogP contribution in [0.15, 0.2) is 71.7 Å². The number of nitrogens with zero attached hydrogens (tertiary/aromatic N) is 1. The van der Waals surface area contributed by atoms with Gasteiger partial charge in [-0.15, -0.1) is 0 Å². The first-order valence-electron chi connectivity index (χ1n) is 14.8. The van der Waals surface area contributed by atoms with Gasteiger partial charge in [0.25, 0.3) is 11.5 Å². The SMILES string of the molecule is CCOC(=O)C[C@H](NC(=O)[C@H](CC(C)C)NC(=O)c1ccc2ccccn2c1=O)c1cc(-c2c(C)cccc2C)cc(F)c1F. The number of amides is 2. The molecular weight excluding hydrogens is 580 g/mol. The molecule has 2 N–H and O–H groups in total. The maximum Gasteiger partial charge on any atom is 0.308 e. The van der Waals surface area contributed by atoms with Gasteiger partial charge in [-0.25, -0.2) is 8.78 Å². The Morgan fingerprint density at radius 3 is 2.31 bits per heavy atom. The van der Waals surface area contributed by atoms with Gasteiger partial charge in [0.2, 0.25) is 5.91 Å². The summed E-state index contributed by atoms with van der Waals surface area (Å²) in [5, 5.41) is 5.30. The largest absolute Gasteiger partial charge is 0.466 e. The lowest BCUT2D eigenvalue weighted by molar-refractivity contribution is -0.143.